The Morgan fingerprint density at radius 1 is 1.14 bits per heavy atom. The molecular formula is C28H28FN6O7P. The Hall–Kier alpha value is -4.49. The Kier molecular flexibility index (Phi) is 7.65. The number of halogens is 1. The van der Waals surface area contributed by atoms with Crippen molar-refractivity contribution >= 4 is 30.1 Å². The first-order chi connectivity index (χ1) is 20.1. The van der Waals surface area contributed by atoms with E-state index >= 15 is 4.39 Å². The SMILES string of the molecule is Cc1cc(Nc2cc(-c3ccnc(-n4ncc5cc(C(C)(C)C)cc(F)c5c4=O)c3COP(=O)(O)O)c(C)[nH]c2=O)no1. The van der Waals surface area contributed by atoms with Crippen molar-refractivity contribution in [2.75, 3.05) is 5.32 Å². The lowest BCUT2D eigenvalue weighted by Crippen LogP contribution is -2.25. The second-order valence-electron chi connectivity index (χ2n) is 11.0. The molecule has 15 heteroatoms. The van der Waals surface area contributed by atoms with Crippen LogP contribution in [0.2, 0.25) is 0 Å². The van der Waals surface area contributed by atoms with Crippen molar-refractivity contribution in [2.45, 2.75) is 46.6 Å². The van der Waals surface area contributed by atoms with Crippen molar-refractivity contribution in [2.24, 2.45) is 0 Å². The topological polar surface area (TPSA) is 185 Å². The third kappa shape index (κ3) is 6.18. The average molecular weight is 611 g/mol. The molecule has 224 valence electrons. The Morgan fingerprint density at radius 2 is 1.88 bits per heavy atom. The maximum Gasteiger partial charge on any atom is 0.469 e. The van der Waals surface area contributed by atoms with Gasteiger partial charge in [0, 0.05) is 34.5 Å². The number of pyridine rings is 2. The monoisotopic (exact) mass is 610 g/mol. The quantitative estimate of drug-likeness (QED) is 0.190. The number of nitrogens with zero attached hydrogens (tertiary/aromatic N) is 4. The van der Waals surface area contributed by atoms with E-state index in [0.717, 1.165) is 4.68 Å². The minimum Gasteiger partial charge on any atom is -0.360 e. The number of hydrogen-bond donors (Lipinski definition) is 4. The predicted octanol–water partition coefficient (Wildman–Crippen LogP) is 4.53. The summed E-state index contributed by atoms with van der Waals surface area (Å²) in [4.78, 5) is 52.3. The van der Waals surface area contributed by atoms with E-state index in [4.69, 9.17) is 9.05 Å². The van der Waals surface area contributed by atoms with Gasteiger partial charge in [-0.3, -0.25) is 14.1 Å². The van der Waals surface area contributed by atoms with Gasteiger partial charge in [0.25, 0.3) is 11.1 Å². The second-order valence-corrected chi connectivity index (χ2v) is 12.2. The molecule has 0 atom stereocenters. The number of aromatic nitrogens is 5. The van der Waals surface area contributed by atoms with Crippen LogP contribution in [0.25, 0.3) is 27.7 Å². The Balaban J connectivity index is 1.72. The van der Waals surface area contributed by atoms with E-state index in [0.29, 0.717) is 28.1 Å². The lowest BCUT2D eigenvalue weighted by molar-refractivity contribution is 0.189. The Labute approximate surface area is 243 Å². The summed E-state index contributed by atoms with van der Waals surface area (Å²) >= 11 is 0. The van der Waals surface area contributed by atoms with Gasteiger partial charge in [-0.25, -0.2) is 13.9 Å². The van der Waals surface area contributed by atoms with Gasteiger partial charge in [-0.15, -0.1) is 0 Å². The van der Waals surface area contributed by atoms with E-state index in [9.17, 15) is 23.9 Å². The van der Waals surface area contributed by atoms with Crippen LogP contribution in [0.4, 0.5) is 15.9 Å². The fourth-order valence-electron chi connectivity index (χ4n) is 4.58. The first-order valence-corrected chi connectivity index (χ1v) is 14.5. The molecule has 4 N–H and O–H groups in total. The van der Waals surface area contributed by atoms with Crippen LogP contribution in [-0.4, -0.2) is 34.7 Å². The number of anilines is 2. The molecule has 4 heterocycles. The molecule has 0 saturated heterocycles. The van der Waals surface area contributed by atoms with E-state index < -0.39 is 31.4 Å². The highest BCUT2D eigenvalue weighted by Crippen LogP contribution is 2.39. The summed E-state index contributed by atoms with van der Waals surface area (Å²) in [6.45, 7) is 8.35. The lowest BCUT2D eigenvalue weighted by Gasteiger charge is -2.20. The molecule has 5 aromatic rings. The van der Waals surface area contributed by atoms with Gasteiger partial charge in [0.2, 0.25) is 0 Å². The van der Waals surface area contributed by atoms with Gasteiger partial charge in [-0.05, 0) is 54.7 Å². The molecule has 5 rings (SSSR count). The first kappa shape index (κ1) is 30.0. The van der Waals surface area contributed by atoms with Gasteiger partial charge in [-0.1, -0.05) is 25.9 Å². The summed E-state index contributed by atoms with van der Waals surface area (Å²) in [5, 5.41) is 11.0. The van der Waals surface area contributed by atoms with Crippen molar-refractivity contribution in [3.8, 4) is 16.9 Å². The number of hydrogen-bond acceptors (Lipinski definition) is 9. The number of nitrogens with one attached hydrogen (secondary N) is 2. The van der Waals surface area contributed by atoms with Crippen LogP contribution in [0, 0.1) is 19.7 Å². The largest absolute Gasteiger partial charge is 0.469 e. The highest BCUT2D eigenvalue weighted by molar-refractivity contribution is 7.46. The zero-order chi connectivity index (χ0) is 31.3. The van der Waals surface area contributed by atoms with Crippen LogP contribution < -0.4 is 16.4 Å². The Bertz CT molecular complexity index is 2040. The molecule has 0 saturated carbocycles. The standard InChI is InChI=1S/C28H28FN6O7P/c1-14-8-23(34-42-14)33-22-11-19(15(2)32-26(22)36)18-6-7-30-25(20(18)13-41-43(38,39)40)35-27(37)24-16(12-31-35)9-17(10-21(24)29)28(3,4)5/h6-12H,13H2,1-5H3,(H,32,36)(H,33,34)(H2,38,39,40). The second kappa shape index (κ2) is 11.0. The molecule has 0 bridgehead atoms. The van der Waals surface area contributed by atoms with E-state index in [1.165, 1.54) is 30.6 Å². The van der Waals surface area contributed by atoms with Crippen LogP contribution in [0.1, 0.15) is 43.4 Å². The number of rotatable bonds is 7. The average Bonchev–Trinajstić information content (AvgIpc) is 3.32. The molecule has 0 aliphatic heterocycles. The summed E-state index contributed by atoms with van der Waals surface area (Å²) in [5.41, 5.74) is 0.223. The maximum atomic E-state index is 15.4. The third-order valence-corrected chi connectivity index (χ3v) is 7.20. The number of H-pyrrole nitrogens is 1. The van der Waals surface area contributed by atoms with Crippen LogP contribution in [0.15, 0.2) is 56.8 Å². The summed E-state index contributed by atoms with van der Waals surface area (Å²) < 4.78 is 37.8. The Morgan fingerprint density at radius 3 is 2.53 bits per heavy atom. The van der Waals surface area contributed by atoms with Gasteiger partial charge in [0.1, 0.15) is 17.3 Å². The van der Waals surface area contributed by atoms with E-state index in [1.807, 2.05) is 20.8 Å². The molecule has 0 radical (unpaired) electrons. The molecule has 0 fully saturated rings. The van der Waals surface area contributed by atoms with Gasteiger partial charge >= 0.3 is 7.82 Å². The van der Waals surface area contributed by atoms with Crippen LogP contribution in [0.3, 0.4) is 0 Å². The zero-order valence-electron chi connectivity index (χ0n) is 23.8. The van der Waals surface area contributed by atoms with Gasteiger partial charge < -0.3 is 24.6 Å². The fraction of sp³-hybridized carbons (Fsp3) is 0.250. The smallest absolute Gasteiger partial charge is 0.360 e. The van der Waals surface area contributed by atoms with Crippen molar-refractivity contribution in [3.05, 3.63) is 91.8 Å². The maximum absolute atomic E-state index is 15.4. The number of benzene rings is 1. The van der Waals surface area contributed by atoms with Crippen LogP contribution >= 0.6 is 7.82 Å². The number of aromatic amines is 1. The third-order valence-electron chi connectivity index (χ3n) is 6.74. The summed E-state index contributed by atoms with van der Waals surface area (Å²) in [6, 6.07) is 7.60. The lowest BCUT2D eigenvalue weighted by atomic mass is 9.86. The van der Waals surface area contributed by atoms with Crippen molar-refractivity contribution < 1.29 is 27.8 Å². The molecule has 43 heavy (non-hydrogen) atoms. The highest BCUT2D eigenvalue weighted by atomic mass is 31.2. The minimum atomic E-state index is -4.99. The normalized spacial score (nSPS) is 12.2. The number of fused-ring (bicyclic) bond motifs is 1. The molecule has 1 aromatic carbocycles. The van der Waals surface area contributed by atoms with Crippen molar-refractivity contribution in [1.82, 2.24) is 24.9 Å². The molecule has 0 amide bonds. The number of aryl methyl sites for hydroxylation is 2. The molecular weight excluding hydrogens is 582 g/mol. The highest BCUT2D eigenvalue weighted by Gasteiger charge is 2.24. The number of phosphoric ester groups is 1. The van der Waals surface area contributed by atoms with Crippen molar-refractivity contribution in [3.63, 3.8) is 0 Å². The molecule has 0 spiro atoms. The summed E-state index contributed by atoms with van der Waals surface area (Å²) in [5.74, 6) is -0.101. The molecule has 0 aliphatic rings. The van der Waals surface area contributed by atoms with E-state index in [2.05, 4.69) is 25.5 Å². The van der Waals surface area contributed by atoms with E-state index in [1.54, 1.807) is 26.0 Å². The summed E-state index contributed by atoms with van der Waals surface area (Å²) in [6.07, 6.45) is 2.67. The predicted molar refractivity (Wildman–Crippen MR) is 156 cm³/mol. The molecule has 13 nitrogen and oxygen atoms in total. The number of phosphoric acid groups is 1. The summed E-state index contributed by atoms with van der Waals surface area (Å²) in [7, 11) is -4.99. The van der Waals surface area contributed by atoms with Gasteiger partial charge in [0.15, 0.2) is 11.6 Å². The molecule has 0 unspecified atom stereocenters. The zero-order valence-corrected chi connectivity index (χ0v) is 24.7. The molecule has 4 aromatic heterocycles. The first-order valence-electron chi connectivity index (χ1n) is 13.0. The minimum absolute atomic E-state index is 0.0462. The molecule has 0 aliphatic carbocycles. The van der Waals surface area contributed by atoms with Crippen molar-refractivity contribution in [1.29, 1.82) is 0 Å². The van der Waals surface area contributed by atoms with Gasteiger partial charge in [0.05, 0.1) is 18.2 Å². The van der Waals surface area contributed by atoms with E-state index in [-0.39, 0.29) is 39.1 Å². The fourth-order valence-corrected chi connectivity index (χ4v) is 4.88. The van der Waals surface area contributed by atoms with Crippen LogP contribution in [0.5, 0.6) is 0 Å². The van der Waals surface area contributed by atoms with Crippen LogP contribution in [-0.2, 0) is 21.1 Å². The van der Waals surface area contributed by atoms with Gasteiger partial charge in [-0.2, -0.15) is 9.78 Å².